The lowest BCUT2D eigenvalue weighted by Gasteiger charge is -2.01. The summed E-state index contributed by atoms with van der Waals surface area (Å²) in [7, 11) is 2.33. The molecule has 0 saturated heterocycles. The molecule has 0 saturated carbocycles. The van der Waals surface area contributed by atoms with Crippen LogP contribution in [0.4, 0.5) is 0 Å². The van der Waals surface area contributed by atoms with E-state index in [1.54, 1.807) is 0 Å². The van der Waals surface area contributed by atoms with Crippen LogP contribution in [0.3, 0.4) is 0 Å². The Bertz CT molecular complexity index is 401. The Morgan fingerprint density at radius 2 is 1.87 bits per heavy atom. The van der Waals surface area contributed by atoms with Gasteiger partial charge in [-0.15, -0.1) is 0 Å². The first kappa shape index (κ1) is 11.0. The monoisotopic (exact) mass is 212 g/mol. The maximum absolute atomic E-state index is 11.3. The number of aromatic nitrogens is 1. The van der Waals surface area contributed by atoms with Crippen molar-refractivity contribution >= 4 is 11.9 Å². The second-order valence-electron chi connectivity index (χ2n) is 2.60. The molecule has 0 unspecified atom stereocenters. The highest BCUT2D eigenvalue weighted by molar-refractivity contribution is 6.00. The van der Waals surface area contributed by atoms with E-state index in [0.29, 0.717) is 4.73 Å². The van der Waals surface area contributed by atoms with Gasteiger partial charge in [0.05, 0.1) is 14.2 Å². The Kier molecular flexibility index (Phi) is 3.22. The van der Waals surface area contributed by atoms with Gasteiger partial charge < -0.3 is 9.47 Å². The first-order valence-corrected chi connectivity index (χ1v) is 4.02. The van der Waals surface area contributed by atoms with Crippen LogP contribution in [0.2, 0.25) is 0 Å². The van der Waals surface area contributed by atoms with Gasteiger partial charge in [0.15, 0.2) is 0 Å². The number of hydrogen-bond donors (Lipinski definition) is 1. The molecular formula is C9H10NO5+. The molecule has 0 bridgehead atoms. The Balaban J connectivity index is 3.32. The summed E-state index contributed by atoms with van der Waals surface area (Å²) in [5.41, 5.74) is -0.332. The molecule has 0 spiro atoms. The highest BCUT2D eigenvalue weighted by atomic mass is 16.5. The van der Waals surface area contributed by atoms with Gasteiger partial charge in [0.2, 0.25) is 6.20 Å². The fraction of sp³-hybridized carbons (Fsp3) is 0.222. The molecule has 15 heavy (non-hydrogen) atoms. The molecule has 6 heteroatoms. The van der Waals surface area contributed by atoms with Gasteiger partial charge in [-0.2, -0.15) is 0 Å². The third-order valence-corrected chi connectivity index (χ3v) is 1.76. The van der Waals surface area contributed by atoms with Crippen LogP contribution in [-0.4, -0.2) is 31.4 Å². The van der Waals surface area contributed by atoms with E-state index in [0.717, 1.165) is 7.11 Å². The molecule has 6 nitrogen and oxygen atoms in total. The number of esters is 2. The van der Waals surface area contributed by atoms with Crippen molar-refractivity contribution < 1.29 is 29.0 Å². The maximum atomic E-state index is 11.3. The fourth-order valence-electron chi connectivity index (χ4n) is 1.07. The number of rotatable bonds is 2. The van der Waals surface area contributed by atoms with Gasteiger partial charge in [0.25, 0.3) is 0 Å². The highest BCUT2D eigenvalue weighted by Crippen LogP contribution is 2.06. The minimum absolute atomic E-state index is 0.0608. The number of methoxy groups -OCH3 is 2. The van der Waals surface area contributed by atoms with Gasteiger partial charge in [-0.1, -0.05) is 0 Å². The molecule has 0 atom stereocenters. The smallest absolute Gasteiger partial charge is 0.409 e. The SMILES string of the molecule is COC(=O)c1ccc[n+](O)c1C(=O)OC. The van der Waals surface area contributed by atoms with Gasteiger partial charge >= 0.3 is 17.6 Å². The van der Waals surface area contributed by atoms with Crippen LogP contribution in [0.5, 0.6) is 0 Å². The average molecular weight is 212 g/mol. The third-order valence-electron chi connectivity index (χ3n) is 1.76. The van der Waals surface area contributed by atoms with E-state index < -0.39 is 11.9 Å². The molecular weight excluding hydrogens is 202 g/mol. The van der Waals surface area contributed by atoms with E-state index in [4.69, 9.17) is 0 Å². The van der Waals surface area contributed by atoms with Crippen molar-refractivity contribution in [2.24, 2.45) is 0 Å². The quantitative estimate of drug-likeness (QED) is 0.417. The Labute approximate surface area is 85.6 Å². The summed E-state index contributed by atoms with van der Waals surface area (Å²) >= 11 is 0. The Morgan fingerprint density at radius 1 is 1.27 bits per heavy atom. The zero-order chi connectivity index (χ0) is 11.4. The Hall–Kier alpha value is -2.11. The van der Waals surface area contributed by atoms with E-state index in [1.165, 1.54) is 25.4 Å². The topological polar surface area (TPSA) is 76.7 Å². The van der Waals surface area contributed by atoms with Gasteiger partial charge in [-0.3, -0.25) is 5.21 Å². The first-order valence-electron chi connectivity index (χ1n) is 4.02. The third kappa shape index (κ3) is 2.04. The molecule has 0 aromatic carbocycles. The molecule has 0 amide bonds. The van der Waals surface area contributed by atoms with Crippen LogP contribution < -0.4 is 4.73 Å². The van der Waals surface area contributed by atoms with Crippen molar-refractivity contribution in [1.29, 1.82) is 0 Å². The predicted octanol–water partition coefficient (Wildman–Crippen LogP) is -0.215. The average Bonchev–Trinajstić information content (AvgIpc) is 2.26. The summed E-state index contributed by atoms with van der Waals surface area (Å²) in [5.74, 6) is -1.54. The van der Waals surface area contributed by atoms with Gasteiger partial charge in [-0.25, -0.2) is 9.59 Å². The summed E-state index contributed by atoms with van der Waals surface area (Å²) in [6.45, 7) is 0. The first-order chi connectivity index (χ1) is 7.11. The molecule has 0 radical (unpaired) electrons. The van der Waals surface area contributed by atoms with Crippen LogP contribution >= 0.6 is 0 Å². The summed E-state index contributed by atoms with van der Waals surface area (Å²) < 4.78 is 9.39. The van der Waals surface area contributed by atoms with Gasteiger partial charge in [0.1, 0.15) is 5.56 Å². The fourth-order valence-corrected chi connectivity index (χ4v) is 1.07. The van der Waals surface area contributed by atoms with Crippen molar-refractivity contribution in [3.63, 3.8) is 0 Å². The molecule has 0 aliphatic rings. The number of ether oxygens (including phenoxy) is 2. The zero-order valence-corrected chi connectivity index (χ0v) is 8.26. The van der Waals surface area contributed by atoms with E-state index in [1.807, 2.05) is 0 Å². The van der Waals surface area contributed by atoms with E-state index >= 15 is 0 Å². The molecule has 0 aliphatic carbocycles. The van der Waals surface area contributed by atoms with Crippen LogP contribution in [0.25, 0.3) is 0 Å². The van der Waals surface area contributed by atoms with Crippen molar-refractivity contribution in [2.75, 3.05) is 14.2 Å². The van der Waals surface area contributed by atoms with Crippen molar-refractivity contribution in [3.8, 4) is 0 Å². The summed E-state index contributed by atoms with van der Waals surface area (Å²) in [6.07, 6.45) is 1.21. The molecule has 80 valence electrons. The van der Waals surface area contributed by atoms with Crippen LogP contribution in [-0.2, 0) is 9.47 Å². The standard InChI is InChI=1S/C9H10NO5/c1-14-8(11)6-4-3-5-10(13)7(6)9(12)15-2/h3-5,13H,1-2H3/q+1. The normalized spacial score (nSPS) is 9.47. The lowest BCUT2D eigenvalue weighted by molar-refractivity contribution is -0.906. The zero-order valence-electron chi connectivity index (χ0n) is 8.26. The number of nitrogens with zero attached hydrogens (tertiary/aromatic N) is 1. The van der Waals surface area contributed by atoms with Crippen LogP contribution in [0, 0.1) is 0 Å². The maximum Gasteiger partial charge on any atom is 0.409 e. The lowest BCUT2D eigenvalue weighted by Crippen LogP contribution is -2.40. The molecule has 1 aromatic rings. The minimum atomic E-state index is -0.821. The summed E-state index contributed by atoms with van der Waals surface area (Å²) in [6, 6.07) is 2.75. The molecule has 1 aromatic heterocycles. The van der Waals surface area contributed by atoms with Gasteiger partial charge in [-0.05, 0) is 6.07 Å². The van der Waals surface area contributed by atoms with E-state index in [2.05, 4.69) is 9.47 Å². The summed E-state index contributed by atoms with van der Waals surface area (Å²) in [4.78, 5) is 22.5. The number of carbonyl (C=O) groups is 2. The van der Waals surface area contributed by atoms with Crippen LogP contribution in [0.1, 0.15) is 20.8 Å². The number of hydrogen-bond acceptors (Lipinski definition) is 5. The van der Waals surface area contributed by atoms with E-state index in [-0.39, 0.29) is 11.3 Å². The predicted molar refractivity (Wildman–Crippen MR) is 46.5 cm³/mol. The summed E-state index contributed by atoms with van der Waals surface area (Å²) in [5, 5.41) is 9.35. The molecule has 1 N–H and O–H groups in total. The van der Waals surface area contributed by atoms with Gasteiger partial charge in [0, 0.05) is 10.8 Å². The minimum Gasteiger partial charge on any atom is -0.465 e. The Morgan fingerprint density at radius 3 is 2.40 bits per heavy atom. The molecule has 1 heterocycles. The van der Waals surface area contributed by atoms with Crippen molar-refractivity contribution in [1.82, 2.24) is 0 Å². The molecule has 0 fully saturated rings. The highest BCUT2D eigenvalue weighted by Gasteiger charge is 2.30. The molecule has 1 rings (SSSR count). The van der Waals surface area contributed by atoms with Crippen LogP contribution in [0.15, 0.2) is 18.3 Å². The molecule has 0 aliphatic heterocycles. The number of pyridine rings is 1. The second kappa shape index (κ2) is 4.41. The van der Waals surface area contributed by atoms with E-state index in [9.17, 15) is 14.8 Å². The lowest BCUT2D eigenvalue weighted by atomic mass is 10.2. The van der Waals surface area contributed by atoms with Crippen molar-refractivity contribution in [2.45, 2.75) is 0 Å². The largest absolute Gasteiger partial charge is 0.465 e. The second-order valence-corrected chi connectivity index (χ2v) is 2.60. The van der Waals surface area contributed by atoms with Crippen molar-refractivity contribution in [3.05, 3.63) is 29.6 Å². The number of carbonyl (C=O) groups excluding carboxylic acids is 2.